The van der Waals surface area contributed by atoms with Gasteiger partial charge in [0.2, 0.25) is 5.91 Å². The van der Waals surface area contributed by atoms with Gasteiger partial charge in [0.25, 0.3) is 0 Å². The monoisotopic (exact) mass is 368 g/mol. The fourth-order valence-corrected chi connectivity index (χ4v) is 2.98. The Morgan fingerprint density at radius 3 is 2.50 bits per heavy atom. The molecule has 1 amide bonds. The Morgan fingerprint density at radius 2 is 1.81 bits per heavy atom. The molecule has 2 aromatic carbocycles. The number of hydrogen-bond donors (Lipinski definition) is 1. The number of aromatic nitrogens is 3. The van der Waals surface area contributed by atoms with Gasteiger partial charge in [-0.15, -0.1) is 5.10 Å². The van der Waals surface area contributed by atoms with Gasteiger partial charge in [-0.1, -0.05) is 54.1 Å². The highest BCUT2D eigenvalue weighted by Crippen LogP contribution is 2.21. The number of amides is 1. The van der Waals surface area contributed by atoms with E-state index in [0.29, 0.717) is 16.5 Å². The van der Waals surface area contributed by atoms with E-state index in [1.165, 1.54) is 9.25 Å². The van der Waals surface area contributed by atoms with Crippen LogP contribution < -0.4 is 11.0 Å². The van der Waals surface area contributed by atoms with Gasteiger partial charge in [0, 0.05) is 11.6 Å². The van der Waals surface area contributed by atoms with Gasteiger partial charge in [0.1, 0.15) is 6.54 Å². The number of halogens is 1. The highest BCUT2D eigenvalue weighted by Gasteiger charge is 2.25. The minimum Gasteiger partial charge on any atom is -0.352 e. The van der Waals surface area contributed by atoms with E-state index in [2.05, 4.69) is 10.4 Å². The Hall–Kier alpha value is -2.86. The molecule has 0 spiro atoms. The maximum absolute atomic E-state index is 13.0. The van der Waals surface area contributed by atoms with Crippen LogP contribution in [0.4, 0.5) is 0 Å². The van der Waals surface area contributed by atoms with Crippen molar-refractivity contribution in [3.05, 3.63) is 70.1 Å². The molecule has 3 aromatic rings. The van der Waals surface area contributed by atoms with Crippen molar-refractivity contribution in [3.63, 3.8) is 0 Å². The number of rotatable bonds is 5. The lowest BCUT2D eigenvalue weighted by atomic mass is 10.2. The first-order valence-electron chi connectivity index (χ1n) is 8.43. The van der Waals surface area contributed by atoms with Crippen LogP contribution in [-0.2, 0) is 11.3 Å². The summed E-state index contributed by atoms with van der Waals surface area (Å²) >= 11 is 6.23. The molecule has 1 heterocycles. The predicted molar refractivity (Wildman–Crippen MR) is 99.4 cm³/mol. The SMILES string of the molecule is O=C(Cn1c(-c2ccccc2)nn(-c2ccccc2Cl)c1=O)NC1CC1. The summed E-state index contributed by atoms with van der Waals surface area (Å²) in [7, 11) is 0. The second kappa shape index (κ2) is 6.80. The molecule has 1 N–H and O–H groups in total. The standard InChI is InChI=1S/C19H17ClN4O2/c20-15-8-4-5-9-16(15)24-19(26)23(12-17(25)21-14-10-11-14)18(22-24)13-6-2-1-3-7-13/h1-9,14H,10-12H2,(H,21,25). The quantitative estimate of drug-likeness (QED) is 0.752. The molecule has 1 aliphatic carbocycles. The number of hydrogen-bond acceptors (Lipinski definition) is 3. The molecular formula is C19H17ClN4O2. The summed E-state index contributed by atoms with van der Waals surface area (Å²) in [5.41, 5.74) is 0.843. The van der Waals surface area contributed by atoms with Gasteiger partial charge in [-0.3, -0.25) is 9.36 Å². The van der Waals surface area contributed by atoms with Gasteiger partial charge in [0.05, 0.1) is 10.7 Å². The van der Waals surface area contributed by atoms with Crippen molar-refractivity contribution in [2.45, 2.75) is 25.4 Å². The number of nitrogens with one attached hydrogen (secondary N) is 1. The number of benzene rings is 2. The van der Waals surface area contributed by atoms with E-state index < -0.39 is 5.69 Å². The van der Waals surface area contributed by atoms with Crippen molar-refractivity contribution in [1.82, 2.24) is 19.7 Å². The van der Waals surface area contributed by atoms with Crippen LogP contribution in [0.2, 0.25) is 5.02 Å². The zero-order chi connectivity index (χ0) is 18.1. The number of para-hydroxylation sites is 1. The van der Waals surface area contributed by atoms with Gasteiger partial charge in [-0.25, -0.2) is 4.79 Å². The van der Waals surface area contributed by atoms with Crippen LogP contribution in [0.3, 0.4) is 0 Å². The normalized spacial score (nSPS) is 13.6. The van der Waals surface area contributed by atoms with E-state index in [4.69, 9.17) is 11.6 Å². The van der Waals surface area contributed by atoms with Crippen molar-refractivity contribution < 1.29 is 4.79 Å². The van der Waals surface area contributed by atoms with Gasteiger partial charge in [-0.2, -0.15) is 4.68 Å². The summed E-state index contributed by atoms with van der Waals surface area (Å²) in [6, 6.07) is 16.6. The van der Waals surface area contributed by atoms with E-state index in [-0.39, 0.29) is 18.5 Å². The van der Waals surface area contributed by atoms with Crippen LogP contribution >= 0.6 is 11.6 Å². The topological polar surface area (TPSA) is 68.9 Å². The molecule has 0 atom stereocenters. The van der Waals surface area contributed by atoms with Crippen LogP contribution in [0.15, 0.2) is 59.4 Å². The Balaban J connectivity index is 1.81. The van der Waals surface area contributed by atoms with Crippen LogP contribution in [-0.4, -0.2) is 26.3 Å². The molecule has 0 unspecified atom stereocenters. The molecule has 132 valence electrons. The highest BCUT2D eigenvalue weighted by molar-refractivity contribution is 6.32. The maximum atomic E-state index is 13.0. The summed E-state index contributed by atoms with van der Waals surface area (Å²) in [4.78, 5) is 25.3. The minimum atomic E-state index is -0.400. The van der Waals surface area contributed by atoms with Gasteiger partial charge >= 0.3 is 5.69 Å². The minimum absolute atomic E-state index is 0.0794. The molecule has 1 aliphatic rings. The van der Waals surface area contributed by atoms with E-state index >= 15 is 0 Å². The van der Waals surface area contributed by atoms with E-state index in [9.17, 15) is 9.59 Å². The van der Waals surface area contributed by atoms with Crippen LogP contribution in [0.1, 0.15) is 12.8 Å². The highest BCUT2D eigenvalue weighted by atomic mass is 35.5. The Bertz CT molecular complexity index is 1010. The molecule has 0 aliphatic heterocycles. The molecule has 0 bridgehead atoms. The molecule has 0 saturated heterocycles. The summed E-state index contributed by atoms with van der Waals surface area (Å²) in [6.07, 6.45) is 1.98. The molecule has 0 radical (unpaired) electrons. The van der Waals surface area contributed by atoms with Crippen molar-refractivity contribution in [2.24, 2.45) is 0 Å². The first-order valence-corrected chi connectivity index (χ1v) is 8.81. The van der Waals surface area contributed by atoms with Gasteiger partial charge in [-0.05, 0) is 25.0 Å². The van der Waals surface area contributed by atoms with Crippen LogP contribution in [0.5, 0.6) is 0 Å². The number of carbonyl (C=O) groups excluding carboxylic acids is 1. The summed E-state index contributed by atoms with van der Waals surface area (Å²) in [6.45, 7) is -0.0794. The Morgan fingerprint density at radius 1 is 1.12 bits per heavy atom. The molecular weight excluding hydrogens is 352 g/mol. The van der Waals surface area contributed by atoms with Crippen molar-refractivity contribution in [1.29, 1.82) is 0 Å². The average molecular weight is 369 g/mol. The number of carbonyl (C=O) groups is 1. The van der Waals surface area contributed by atoms with Crippen molar-refractivity contribution >= 4 is 17.5 Å². The summed E-state index contributed by atoms with van der Waals surface area (Å²) in [5.74, 6) is 0.243. The third-order valence-corrected chi connectivity index (χ3v) is 4.54. The van der Waals surface area contributed by atoms with Gasteiger partial charge < -0.3 is 5.32 Å². The molecule has 7 heteroatoms. The lowest BCUT2D eigenvalue weighted by molar-refractivity contribution is -0.121. The van der Waals surface area contributed by atoms with E-state index in [0.717, 1.165) is 18.4 Å². The smallest absolute Gasteiger partial charge is 0.351 e. The second-order valence-corrected chi connectivity index (χ2v) is 6.67. The number of nitrogens with zero attached hydrogens (tertiary/aromatic N) is 3. The molecule has 1 aromatic heterocycles. The lowest BCUT2D eigenvalue weighted by Gasteiger charge is -2.06. The maximum Gasteiger partial charge on any atom is 0.351 e. The average Bonchev–Trinajstić information content (AvgIpc) is 3.40. The van der Waals surface area contributed by atoms with Crippen LogP contribution in [0.25, 0.3) is 17.1 Å². The fourth-order valence-electron chi connectivity index (χ4n) is 2.76. The predicted octanol–water partition coefficient (Wildman–Crippen LogP) is 2.63. The molecule has 1 fully saturated rings. The first-order chi connectivity index (χ1) is 12.6. The third kappa shape index (κ3) is 3.28. The molecule has 26 heavy (non-hydrogen) atoms. The zero-order valence-corrected chi connectivity index (χ0v) is 14.7. The molecule has 1 saturated carbocycles. The van der Waals surface area contributed by atoms with Gasteiger partial charge in [0.15, 0.2) is 5.82 Å². The Kier molecular flexibility index (Phi) is 4.34. The fraction of sp³-hybridized carbons (Fsp3) is 0.211. The van der Waals surface area contributed by atoms with Crippen LogP contribution in [0, 0.1) is 0 Å². The molecule has 6 nitrogen and oxygen atoms in total. The lowest BCUT2D eigenvalue weighted by Crippen LogP contribution is -2.34. The molecule has 4 rings (SSSR count). The van der Waals surface area contributed by atoms with E-state index in [1.54, 1.807) is 24.3 Å². The Labute approximate surface area is 155 Å². The van der Waals surface area contributed by atoms with E-state index in [1.807, 2.05) is 30.3 Å². The van der Waals surface area contributed by atoms with Crippen molar-refractivity contribution in [2.75, 3.05) is 0 Å². The van der Waals surface area contributed by atoms with Crippen molar-refractivity contribution in [3.8, 4) is 17.1 Å². The second-order valence-electron chi connectivity index (χ2n) is 6.26. The summed E-state index contributed by atoms with van der Waals surface area (Å²) in [5, 5.41) is 7.79. The largest absolute Gasteiger partial charge is 0.352 e. The zero-order valence-electron chi connectivity index (χ0n) is 13.9. The summed E-state index contributed by atoms with van der Waals surface area (Å²) < 4.78 is 2.63. The third-order valence-electron chi connectivity index (χ3n) is 4.22. The first kappa shape index (κ1) is 16.6.